The van der Waals surface area contributed by atoms with E-state index in [9.17, 15) is 4.79 Å². The second-order valence-corrected chi connectivity index (χ2v) is 5.57. The second kappa shape index (κ2) is 4.65. The van der Waals surface area contributed by atoms with Crippen molar-refractivity contribution in [2.24, 2.45) is 5.41 Å². The maximum atomic E-state index is 12.6. The van der Waals surface area contributed by atoms with Crippen LogP contribution < -0.4 is 5.32 Å². The first-order valence-electron chi connectivity index (χ1n) is 6.30. The highest BCUT2D eigenvalue weighted by Gasteiger charge is 2.41. The topological polar surface area (TPSA) is 42.2 Å². The lowest BCUT2D eigenvalue weighted by atomic mass is 9.79. The Morgan fingerprint density at radius 3 is 2.82 bits per heavy atom. The fraction of sp³-hybridized carbons (Fsp3) is 0.643. The molecule has 1 heterocycles. The lowest BCUT2D eigenvalue weighted by Crippen LogP contribution is -2.46. The Balaban J connectivity index is 2.29. The highest BCUT2D eigenvalue weighted by Crippen LogP contribution is 2.38. The molecule has 0 aromatic carbocycles. The SMILES string of the molecule is CNC1C(=O)C(c2ccco2)CCCC1(C)C. The second-order valence-electron chi connectivity index (χ2n) is 5.57. The molecule has 0 amide bonds. The first-order chi connectivity index (χ1) is 8.06. The Kier molecular flexibility index (Phi) is 3.38. The van der Waals surface area contributed by atoms with Crippen LogP contribution in [0.15, 0.2) is 22.8 Å². The van der Waals surface area contributed by atoms with Gasteiger partial charge < -0.3 is 9.73 Å². The molecule has 1 N–H and O–H groups in total. The third kappa shape index (κ3) is 2.29. The monoisotopic (exact) mass is 235 g/mol. The molecule has 94 valence electrons. The molecular weight excluding hydrogens is 214 g/mol. The summed E-state index contributed by atoms with van der Waals surface area (Å²) >= 11 is 0. The van der Waals surface area contributed by atoms with E-state index in [0.29, 0.717) is 0 Å². The molecule has 3 nitrogen and oxygen atoms in total. The van der Waals surface area contributed by atoms with Crippen molar-refractivity contribution in [3.63, 3.8) is 0 Å². The molecule has 0 radical (unpaired) electrons. The molecule has 1 aliphatic rings. The van der Waals surface area contributed by atoms with Gasteiger partial charge in [-0.05, 0) is 37.4 Å². The Morgan fingerprint density at radius 1 is 1.47 bits per heavy atom. The number of carbonyl (C=O) groups excluding carboxylic acids is 1. The number of hydrogen-bond donors (Lipinski definition) is 1. The van der Waals surface area contributed by atoms with Crippen molar-refractivity contribution in [3.05, 3.63) is 24.2 Å². The van der Waals surface area contributed by atoms with E-state index in [4.69, 9.17) is 4.42 Å². The third-order valence-corrected chi connectivity index (χ3v) is 3.90. The van der Waals surface area contributed by atoms with Crippen molar-refractivity contribution >= 4 is 5.78 Å². The van der Waals surface area contributed by atoms with Gasteiger partial charge in [0.15, 0.2) is 5.78 Å². The smallest absolute Gasteiger partial charge is 0.160 e. The van der Waals surface area contributed by atoms with E-state index in [1.54, 1.807) is 6.26 Å². The molecule has 1 aromatic rings. The van der Waals surface area contributed by atoms with Gasteiger partial charge in [0.25, 0.3) is 0 Å². The van der Waals surface area contributed by atoms with Gasteiger partial charge in [0.05, 0.1) is 18.2 Å². The predicted molar refractivity (Wildman–Crippen MR) is 66.9 cm³/mol. The Bertz CT molecular complexity index is 381. The van der Waals surface area contributed by atoms with Gasteiger partial charge in [-0.3, -0.25) is 4.79 Å². The molecule has 1 aromatic heterocycles. The first kappa shape index (κ1) is 12.4. The highest BCUT2D eigenvalue weighted by molar-refractivity contribution is 5.90. The van der Waals surface area contributed by atoms with Crippen LogP contribution >= 0.6 is 0 Å². The summed E-state index contributed by atoms with van der Waals surface area (Å²) in [6.45, 7) is 4.33. The van der Waals surface area contributed by atoms with Crippen molar-refractivity contribution in [3.8, 4) is 0 Å². The summed E-state index contributed by atoms with van der Waals surface area (Å²) in [4.78, 5) is 12.6. The Morgan fingerprint density at radius 2 is 2.24 bits per heavy atom. The fourth-order valence-electron chi connectivity index (χ4n) is 2.94. The van der Waals surface area contributed by atoms with Crippen LogP contribution in [0, 0.1) is 5.41 Å². The minimum absolute atomic E-state index is 0.0210. The van der Waals surface area contributed by atoms with Crippen molar-refractivity contribution < 1.29 is 9.21 Å². The van der Waals surface area contributed by atoms with E-state index in [1.165, 1.54) is 0 Å². The Hall–Kier alpha value is -1.09. The number of nitrogens with one attached hydrogen (secondary N) is 1. The fourth-order valence-corrected chi connectivity index (χ4v) is 2.94. The van der Waals surface area contributed by atoms with Gasteiger partial charge in [-0.25, -0.2) is 0 Å². The number of Topliss-reactive ketones (excluding diaryl/α,β-unsaturated/α-hetero) is 1. The van der Waals surface area contributed by atoms with E-state index in [2.05, 4.69) is 19.2 Å². The first-order valence-corrected chi connectivity index (χ1v) is 6.30. The summed E-state index contributed by atoms with van der Waals surface area (Å²) in [5.74, 6) is 1.00. The molecule has 0 bridgehead atoms. The van der Waals surface area contributed by atoms with Gasteiger partial charge in [-0.2, -0.15) is 0 Å². The Labute approximate surface area is 103 Å². The molecule has 17 heavy (non-hydrogen) atoms. The number of furan rings is 1. The van der Waals surface area contributed by atoms with Crippen LogP contribution in [0.3, 0.4) is 0 Å². The maximum absolute atomic E-state index is 12.6. The van der Waals surface area contributed by atoms with Gasteiger partial charge in [-0.1, -0.05) is 20.3 Å². The lowest BCUT2D eigenvalue weighted by Gasteiger charge is -2.31. The van der Waals surface area contributed by atoms with Crippen LogP contribution in [0.4, 0.5) is 0 Å². The van der Waals surface area contributed by atoms with Crippen molar-refractivity contribution in [2.75, 3.05) is 7.05 Å². The third-order valence-electron chi connectivity index (χ3n) is 3.90. The molecule has 3 heteroatoms. The quantitative estimate of drug-likeness (QED) is 0.801. The largest absolute Gasteiger partial charge is 0.469 e. The molecule has 2 unspecified atom stereocenters. The van der Waals surface area contributed by atoms with Gasteiger partial charge in [0.1, 0.15) is 5.76 Å². The van der Waals surface area contributed by atoms with Crippen LogP contribution in [0.25, 0.3) is 0 Å². The summed E-state index contributed by atoms with van der Waals surface area (Å²) in [6.07, 6.45) is 4.69. The number of ketones is 1. The predicted octanol–water partition coefficient (Wildman–Crippen LogP) is 2.73. The standard InChI is InChI=1S/C14H21NO2/c1-14(2)8-4-6-10(11-7-5-9-17-11)12(16)13(14)15-3/h5,7,9-10,13,15H,4,6,8H2,1-3H3. The van der Waals surface area contributed by atoms with Gasteiger partial charge in [0.2, 0.25) is 0 Å². The molecule has 1 fully saturated rings. The van der Waals surface area contributed by atoms with Gasteiger partial charge in [-0.15, -0.1) is 0 Å². The number of likely N-dealkylation sites (N-methyl/N-ethyl adjacent to an activating group) is 1. The van der Waals surface area contributed by atoms with Gasteiger partial charge >= 0.3 is 0 Å². The van der Waals surface area contributed by atoms with Crippen LogP contribution in [-0.4, -0.2) is 18.9 Å². The summed E-state index contributed by atoms with van der Waals surface area (Å²) in [5.41, 5.74) is 0.0210. The average molecular weight is 235 g/mol. The summed E-state index contributed by atoms with van der Waals surface area (Å²) in [7, 11) is 1.87. The summed E-state index contributed by atoms with van der Waals surface area (Å²) < 4.78 is 5.41. The van der Waals surface area contributed by atoms with Crippen molar-refractivity contribution in [1.82, 2.24) is 5.32 Å². The molecule has 0 aliphatic heterocycles. The molecule has 0 spiro atoms. The van der Waals surface area contributed by atoms with Crippen molar-refractivity contribution in [1.29, 1.82) is 0 Å². The molecule has 2 atom stereocenters. The average Bonchev–Trinajstić information content (AvgIpc) is 2.74. The van der Waals surface area contributed by atoms with Crippen LogP contribution in [-0.2, 0) is 4.79 Å². The van der Waals surface area contributed by atoms with Crippen LogP contribution in [0.2, 0.25) is 0 Å². The minimum atomic E-state index is -0.0832. The summed E-state index contributed by atoms with van der Waals surface area (Å²) in [5, 5.41) is 3.18. The van der Waals surface area contributed by atoms with E-state index in [0.717, 1.165) is 25.0 Å². The van der Waals surface area contributed by atoms with Crippen LogP contribution in [0.5, 0.6) is 0 Å². The lowest BCUT2D eigenvalue weighted by molar-refractivity contribution is -0.124. The van der Waals surface area contributed by atoms with Gasteiger partial charge in [0, 0.05) is 0 Å². The van der Waals surface area contributed by atoms with Crippen LogP contribution in [0.1, 0.15) is 44.8 Å². The maximum Gasteiger partial charge on any atom is 0.160 e. The van der Waals surface area contributed by atoms with E-state index < -0.39 is 0 Å². The number of rotatable bonds is 2. The number of carbonyl (C=O) groups is 1. The molecule has 1 saturated carbocycles. The van der Waals surface area contributed by atoms with E-state index in [1.807, 2.05) is 19.2 Å². The molecular formula is C14H21NO2. The molecule has 0 saturated heterocycles. The zero-order valence-corrected chi connectivity index (χ0v) is 10.8. The molecule has 2 rings (SSSR count). The number of hydrogen-bond acceptors (Lipinski definition) is 3. The normalized spacial score (nSPS) is 29.0. The summed E-state index contributed by atoms with van der Waals surface area (Å²) in [6, 6.07) is 3.68. The molecule has 1 aliphatic carbocycles. The van der Waals surface area contributed by atoms with Crippen molar-refractivity contribution in [2.45, 2.75) is 45.1 Å². The minimum Gasteiger partial charge on any atom is -0.469 e. The highest BCUT2D eigenvalue weighted by atomic mass is 16.3. The zero-order chi connectivity index (χ0) is 12.5. The zero-order valence-electron chi connectivity index (χ0n) is 10.8. The van der Waals surface area contributed by atoms with E-state index in [-0.39, 0.29) is 23.2 Å². The van der Waals surface area contributed by atoms with E-state index >= 15 is 0 Å².